The lowest BCUT2D eigenvalue weighted by atomic mass is 10.2. The van der Waals surface area contributed by atoms with Crippen molar-refractivity contribution in [2.24, 2.45) is 0 Å². The Labute approximate surface area is 139 Å². The molecule has 23 heavy (non-hydrogen) atoms. The molecular formula is C16H15N2O3S2. The van der Waals surface area contributed by atoms with Crippen molar-refractivity contribution in [1.29, 1.82) is 5.26 Å². The number of nitrogens with zero attached hydrogens (tertiary/aromatic N) is 1. The summed E-state index contributed by atoms with van der Waals surface area (Å²) in [6, 6.07) is 13.5. The first-order valence-corrected chi connectivity index (χ1v) is 9.51. The molecule has 1 aromatic carbocycles. The summed E-state index contributed by atoms with van der Waals surface area (Å²) < 4.78 is 24.0. The van der Waals surface area contributed by atoms with E-state index >= 15 is 0 Å². The van der Waals surface area contributed by atoms with Crippen molar-refractivity contribution >= 4 is 27.1 Å². The number of nitriles is 1. The number of hydrogen-bond donors (Lipinski definition) is 1. The summed E-state index contributed by atoms with van der Waals surface area (Å²) in [5.74, 6) is -1.05. The first-order valence-electron chi connectivity index (χ1n) is 6.81. The molecule has 0 spiro atoms. The van der Waals surface area contributed by atoms with Gasteiger partial charge in [-0.2, -0.15) is 5.26 Å². The van der Waals surface area contributed by atoms with Crippen LogP contribution in [0.4, 0.5) is 0 Å². The number of hydrogen-bond acceptors (Lipinski definition) is 5. The van der Waals surface area contributed by atoms with Crippen LogP contribution in [0.1, 0.15) is 16.5 Å². The largest absolute Gasteiger partial charge is 0.336 e. The number of amides is 1. The Balaban J connectivity index is 1.87. The second kappa shape index (κ2) is 7.90. The maximum atomic E-state index is 12.0. The molecule has 0 aliphatic heterocycles. The van der Waals surface area contributed by atoms with E-state index in [1.165, 1.54) is 11.3 Å². The van der Waals surface area contributed by atoms with Gasteiger partial charge in [0.2, 0.25) is 5.91 Å². The van der Waals surface area contributed by atoms with Crippen molar-refractivity contribution in [3.8, 4) is 6.07 Å². The van der Waals surface area contributed by atoms with Crippen molar-refractivity contribution in [3.05, 3.63) is 64.7 Å². The van der Waals surface area contributed by atoms with Gasteiger partial charge in [-0.15, -0.1) is 11.3 Å². The summed E-state index contributed by atoms with van der Waals surface area (Å²) >= 11 is 1.35. The maximum absolute atomic E-state index is 12.0. The molecule has 0 aliphatic carbocycles. The zero-order valence-electron chi connectivity index (χ0n) is 12.2. The fraction of sp³-hybridized carbons (Fsp3) is 0.188. The van der Waals surface area contributed by atoms with Gasteiger partial charge in [-0.05, 0) is 17.0 Å². The van der Waals surface area contributed by atoms with Crippen LogP contribution in [0.15, 0.2) is 47.8 Å². The quantitative estimate of drug-likeness (QED) is 0.832. The third-order valence-electron chi connectivity index (χ3n) is 3.00. The smallest absolute Gasteiger partial charge is 0.226 e. The molecule has 0 bridgehead atoms. The highest BCUT2D eigenvalue weighted by molar-refractivity contribution is 7.90. The Bertz CT molecular complexity index is 778. The predicted octanol–water partition coefficient (Wildman–Crippen LogP) is 2.25. The molecule has 0 saturated heterocycles. The van der Waals surface area contributed by atoms with E-state index < -0.39 is 21.8 Å². The zero-order chi connectivity index (χ0) is 16.7. The van der Waals surface area contributed by atoms with Crippen LogP contribution in [0.25, 0.3) is 0 Å². The van der Waals surface area contributed by atoms with E-state index in [2.05, 4.69) is 5.32 Å². The van der Waals surface area contributed by atoms with Crippen molar-refractivity contribution in [2.75, 3.05) is 5.75 Å². The Morgan fingerprint density at radius 1 is 1.26 bits per heavy atom. The standard InChI is InChI=1S/C16H15N2O3S2/c17-11-14(15-7-4-9-22-15)18-16(19)8-10-23(20,21)12-13-5-2-1-3-6-13/h1-9,14H,10,12H2,(H,18,19)/t14-/m1/s1. The van der Waals surface area contributed by atoms with Gasteiger partial charge in [-0.1, -0.05) is 36.4 Å². The van der Waals surface area contributed by atoms with Crippen LogP contribution >= 0.6 is 11.3 Å². The Hall–Kier alpha value is -2.17. The minimum atomic E-state index is -3.42. The summed E-state index contributed by atoms with van der Waals surface area (Å²) in [5.41, 5.74) is 0.676. The number of carbonyl (C=O) groups is 1. The van der Waals surface area contributed by atoms with Crippen molar-refractivity contribution in [1.82, 2.24) is 5.32 Å². The Morgan fingerprint density at radius 3 is 2.61 bits per heavy atom. The lowest BCUT2D eigenvalue weighted by Crippen LogP contribution is -2.29. The van der Waals surface area contributed by atoms with Crippen LogP contribution in [0.5, 0.6) is 0 Å². The van der Waals surface area contributed by atoms with E-state index in [1.807, 2.05) is 12.1 Å². The minimum absolute atomic E-state index is 0.121. The van der Waals surface area contributed by atoms with Gasteiger partial charge in [0, 0.05) is 4.88 Å². The van der Waals surface area contributed by atoms with Gasteiger partial charge in [0.25, 0.3) is 0 Å². The summed E-state index contributed by atoms with van der Waals surface area (Å²) in [7, 11) is -3.42. The van der Waals surface area contributed by atoms with E-state index in [1.54, 1.807) is 41.8 Å². The van der Waals surface area contributed by atoms with Crippen LogP contribution in [0, 0.1) is 17.8 Å². The summed E-state index contributed by atoms with van der Waals surface area (Å²) in [5, 5.41) is 13.4. The topological polar surface area (TPSA) is 87.0 Å². The monoisotopic (exact) mass is 347 g/mol. The zero-order valence-corrected chi connectivity index (χ0v) is 13.8. The molecular weight excluding hydrogens is 332 g/mol. The highest BCUT2D eigenvalue weighted by atomic mass is 32.2. The van der Waals surface area contributed by atoms with Gasteiger partial charge in [-0.3, -0.25) is 4.79 Å². The minimum Gasteiger partial charge on any atom is -0.336 e. The molecule has 1 aromatic heterocycles. The van der Waals surface area contributed by atoms with Crippen molar-refractivity contribution in [3.63, 3.8) is 0 Å². The van der Waals surface area contributed by atoms with E-state index in [4.69, 9.17) is 5.26 Å². The van der Waals surface area contributed by atoms with Crippen LogP contribution in [-0.2, 0) is 20.4 Å². The Morgan fingerprint density at radius 2 is 2.00 bits per heavy atom. The van der Waals surface area contributed by atoms with E-state index in [0.29, 0.717) is 10.4 Å². The first-order chi connectivity index (χ1) is 11.0. The highest BCUT2D eigenvalue weighted by Crippen LogP contribution is 2.18. The molecule has 119 valence electrons. The van der Waals surface area contributed by atoms with E-state index in [0.717, 1.165) is 6.42 Å². The van der Waals surface area contributed by atoms with Gasteiger partial charge < -0.3 is 5.32 Å². The van der Waals surface area contributed by atoms with E-state index in [9.17, 15) is 13.2 Å². The number of benzene rings is 1. The molecule has 0 saturated carbocycles. The van der Waals surface area contributed by atoms with Gasteiger partial charge >= 0.3 is 0 Å². The molecule has 2 rings (SSSR count). The molecule has 2 aromatic rings. The molecule has 1 amide bonds. The molecule has 1 radical (unpaired) electrons. The molecule has 1 atom stereocenters. The number of sulfone groups is 1. The molecule has 7 heteroatoms. The predicted molar refractivity (Wildman–Crippen MR) is 89.0 cm³/mol. The third-order valence-corrected chi connectivity index (χ3v) is 5.38. The lowest BCUT2D eigenvalue weighted by Gasteiger charge is -2.10. The van der Waals surface area contributed by atoms with Crippen LogP contribution in [0.2, 0.25) is 0 Å². The van der Waals surface area contributed by atoms with Crippen LogP contribution in [0.3, 0.4) is 0 Å². The number of carbonyl (C=O) groups excluding carboxylic acids is 1. The average Bonchev–Trinajstić information content (AvgIpc) is 3.05. The van der Waals surface area contributed by atoms with Crippen molar-refractivity contribution in [2.45, 2.75) is 11.8 Å². The summed E-state index contributed by atoms with van der Waals surface area (Å²) in [6.45, 7) is 0. The molecule has 5 nitrogen and oxygen atoms in total. The fourth-order valence-corrected chi connectivity index (χ4v) is 3.86. The number of nitrogens with one attached hydrogen (secondary N) is 1. The molecule has 1 N–H and O–H groups in total. The van der Waals surface area contributed by atoms with Gasteiger partial charge in [0.05, 0.1) is 24.0 Å². The second-order valence-electron chi connectivity index (χ2n) is 4.83. The second-order valence-corrected chi connectivity index (χ2v) is 7.92. The normalized spacial score (nSPS) is 12.3. The highest BCUT2D eigenvalue weighted by Gasteiger charge is 2.18. The summed E-state index contributed by atoms with van der Waals surface area (Å²) in [6.07, 6.45) is 1.07. The SMILES string of the molecule is N#C[C@@H](NC(=O)[CH]CS(=O)(=O)Cc1ccccc1)c1cccs1. The maximum Gasteiger partial charge on any atom is 0.226 e. The molecule has 0 fully saturated rings. The van der Waals surface area contributed by atoms with Gasteiger partial charge in [0.15, 0.2) is 15.9 Å². The third kappa shape index (κ3) is 5.51. The van der Waals surface area contributed by atoms with Crippen LogP contribution < -0.4 is 5.32 Å². The molecule has 0 aliphatic rings. The fourth-order valence-electron chi connectivity index (χ4n) is 1.91. The van der Waals surface area contributed by atoms with Crippen molar-refractivity contribution < 1.29 is 13.2 Å². The first kappa shape index (κ1) is 17.2. The van der Waals surface area contributed by atoms with Crippen LogP contribution in [-0.4, -0.2) is 20.1 Å². The average molecular weight is 347 g/mol. The van der Waals surface area contributed by atoms with E-state index in [-0.39, 0.29) is 11.5 Å². The summed E-state index contributed by atoms with van der Waals surface area (Å²) in [4.78, 5) is 12.5. The number of thiophene rings is 1. The lowest BCUT2D eigenvalue weighted by molar-refractivity contribution is -0.118. The molecule has 0 unspecified atom stereocenters. The molecule has 1 heterocycles. The van der Waals surface area contributed by atoms with Gasteiger partial charge in [0.1, 0.15) is 0 Å². The number of rotatable bonds is 7. The van der Waals surface area contributed by atoms with Gasteiger partial charge in [-0.25, -0.2) is 8.42 Å². The Kier molecular flexibility index (Phi) is 5.90.